The molecular weight excluding hydrogens is 259 g/mol. The molecule has 2 rings (SSSR count). The Labute approximate surface area is 108 Å². The van der Waals surface area contributed by atoms with Crippen LogP contribution in [0.1, 0.15) is 18.3 Å². The highest BCUT2D eigenvalue weighted by molar-refractivity contribution is 5.12. The molecule has 1 atom stereocenters. The Kier molecular flexibility index (Phi) is 3.59. The van der Waals surface area contributed by atoms with Crippen molar-refractivity contribution in [2.75, 3.05) is 0 Å². The molecule has 0 aromatic carbocycles. The lowest BCUT2D eigenvalue weighted by Gasteiger charge is -2.15. The van der Waals surface area contributed by atoms with Gasteiger partial charge < -0.3 is 4.57 Å². The molecule has 5 nitrogen and oxygen atoms in total. The SMILES string of the molecule is Cc1cc(C(F)(F)F)n(CC(C)Cn2cnnc2)n1. The standard InChI is InChI=1S/C11H14F3N5/c1-8(4-18-6-15-16-7-18)5-19-10(11(12,13)14)3-9(2)17-19/h3,6-8H,4-5H2,1-2H3. The van der Waals surface area contributed by atoms with Gasteiger partial charge in [0.25, 0.3) is 0 Å². The molecule has 0 bridgehead atoms. The van der Waals surface area contributed by atoms with Gasteiger partial charge in [-0.2, -0.15) is 18.3 Å². The van der Waals surface area contributed by atoms with Gasteiger partial charge in [-0.1, -0.05) is 6.92 Å². The molecule has 104 valence electrons. The largest absolute Gasteiger partial charge is 0.433 e. The quantitative estimate of drug-likeness (QED) is 0.857. The molecule has 8 heteroatoms. The number of nitrogens with zero attached hydrogens (tertiary/aromatic N) is 5. The van der Waals surface area contributed by atoms with Gasteiger partial charge in [0.15, 0.2) is 0 Å². The van der Waals surface area contributed by atoms with Crippen LogP contribution in [0.15, 0.2) is 18.7 Å². The third-order valence-corrected chi connectivity index (χ3v) is 2.67. The molecule has 0 aliphatic carbocycles. The zero-order chi connectivity index (χ0) is 14.0. The summed E-state index contributed by atoms with van der Waals surface area (Å²) in [5.74, 6) is -0.0172. The van der Waals surface area contributed by atoms with Crippen LogP contribution >= 0.6 is 0 Å². The van der Waals surface area contributed by atoms with Gasteiger partial charge in [0.2, 0.25) is 0 Å². The fraction of sp³-hybridized carbons (Fsp3) is 0.545. The van der Waals surface area contributed by atoms with E-state index in [1.165, 1.54) is 12.7 Å². The van der Waals surface area contributed by atoms with Gasteiger partial charge in [-0.05, 0) is 18.9 Å². The van der Waals surface area contributed by atoms with Crippen LogP contribution < -0.4 is 0 Å². The zero-order valence-electron chi connectivity index (χ0n) is 10.6. The van der Waals surface area contributed by atoms with Gasteiger partial charge in [-0.25, -0.2) is 0 Å². The normalized spacial score (nSPS) is 13.7. The maximum Gasteiger partial charge on any atom is 0.433 e. The molecule has 0 aliphatic rings. The maximum absolute atomic E-state index is 12.8. The van der Waals surface area contributed by atoms with E-state index in [0.717, 1.165) is 10.7 Å². The van der Waals surface area contributed by atoms with E-state index in [-0.39, 0.29) is 12.5 Å². The van der Waals surface area contributed by atoms with Crippen LogP contribution in [0, 0.1) is 12.8 Å². The number of hydrogen-bond donors (Lipinski definition) is 0. The Morgan fingerprint density at radius 3 is 2.42 bits per heavy atom. The predicted molar refractivity (Wildman–Crippen MR) is 61.2 cm³/mol. The molecule has 0 fully saturated rings. The summed E-state index contributed by atoms with van der Waals surface area (Å²) in [6.45, 7) is 4.15. The predicted octanol–water partition coefficient (Wildman–Crippen LogP) is 2.14. The molecule has 2 aromatic heterocycles. The van der Waals surface area contributed by atoms with Crippen molar-refractivity contribution in [3.63, 3.8) is 0 Å². The van der Waals surface area contributed by atoms with E-state index in [4.69, 9.17) is 0 Å². The van der Waals surface area contributed by atoms with E-state index in [2.05, 4.69) is 15.3 Å². The molecule has 0 aliphatic heterocycles. The van der Waals surface area contributed by atoms with Crippen molar-refractivity contribution in [2.24, 2.45) is 5.92 Å². The first-order valence-corrected chi connectivity index (χ1v) is 5.80. The van der Waals surface area contributed by atoms with Crippen molar-refractivity contribution in [1.82, 2.24) is 24.5 Å². The molecule has 0 amide bonds. The van der Waals surface area contributed by atoms with Crippen LogP contribution in [0.4, 0.5) is 13.2 Å². The van der Waals surface area contributed by atoms with Gasteiger partial charge >= 0.3 is 6.18 Å². The van der Waals surface area contributed by atoms with Crippen LogP contribution in [0.2, 0.25) is 0 Å². The zero-order valence-corrected chi connectivity index (χ0v) is 10.6. The highest BCUT2D eigenvalue weighted by Crippen LogP contribution is 2.30. The summed E-state index contributed by atoms with van der Waals surface area (Å²) >= 11 is 0. The third-order valence-electron chi connectivity index (χ3n) is 2.67. The van der Waals surface area contributed by atoms with Crippen molar-refractivity contribution in [1.29, 1.82) is 0 Å². The molecule has 0 spiro atoms. The Balaban J connectivity index is 2.10. The van der Waals surface area contributed by atoms with E-state index in [1.54, 1.807) is 11.5 Å². The summed E-state index contributed by atoms with van der Waals surface area (Å²) in [4.78, 5) is 0. The molecule has 0 saturated carbocycles. The molecule has 19 heavy (non-hydrogen) atoms. The highest BCUT2D eigenvalue weighted by Gasteiger charge is 2.35. The van der Waals surface area contributed by atoms with Gasteiger partial charge in [-0.15, -0.1) is 10.2 Å². The Morgan fingerprint density at radius 1 is 1.21 bits per heavy atom. The fourth-order valence-electron chi connectivity index (χ4n) is 1.94. The van der Waals surface area contributed by atoms with E-state index >= 15 is 0 Å². The second kappa shape index (κ2) is 5.02. The Morgan fingerprint density at radius 2 is 1.84 bits per heavy atom. The van der Waals surface area contributed by atoms with Crippen LogP contribution in [0.5, 0.6) is 0 Å². The first-order chi connectivity index (χ1) is 8.86. The number of alkyl halides is 3. The van der Waals surface area contributed by atoms with E-state index in [0.29, 0.717) is 12.2 Å². The average molecular weight is 273 g/mol. The van der Waals surface area contributed by atoms with E-state index < -0.39 is 11.9 Å². The summed E-state index contributed by atoms with van der Waals surface area (Å²) in [7, 11) is 0. The Bertz CT molecular complexity index is 529. The number of rotatable bonds is 4. The van der Waals surface area contributed by atoms with Crippen molar-refractivity contribution in [3.8, 4) is 0 Å². The molecule has 2 aromatic rings. The van der Waals surface area contributed by atoms with Crippen molar-refractivity contribution >= 4 is 0 Å². The van der Waals surface area contributed by atoms with Crippen molar-refractivity contribution in [3.05, 3.63) is 30.1 Å². The molecule has 0 radical (unpaired) electrons. The lowest BCUT2D eigenvalue weighted by atomic mass is 10.2. The van der Waals surface area contributed by atoms with Crippen LogP contribution in [0.3, 0.4) is 0 Å². The first kappa shape index (κ1) is 13.6. The lowest BCUT2D eigenvalue weighted by Crippen LogP contribution is -2.20. The number of aromatic nitrogens is 5. The van der Waals surface area contributed by atoms with Gasteiger partial charge in [0.1, 0.15) is 18.3 Å². The second-order valence-electron chi connectivity index (χ2n) is 4.61. The minimum Gasteiger partial charge on any atom is -0.320 e. The average Bonchev–Trinajstić information content (AvgIpc) is 2.87. The molecule has 0 N–H and O–H groups in total. The first-order valence-electron chi connectivity index (χ1n) is 5.80. The van der Waals surface area contributed by atoms with Gasteiger partial charge in [0, 0.05) is 13.1 Å². The summed E-state index contributed by atoms with van der Waals surface area (Å²) in [5.41, 5.74) is -0.343. The second-order valence-corrected chi connectivity index (χ2v) is 4.61. The van der Waals surface area contributed by atoms with Crippen molar-refractivity contribution in [2.45, 2.75) is 33.1 Å². The van der Waals surface area contributed by atoms with Gasteiger partial charge in [-0.3, -0.25) is 4.68 Å². The number of aryl methyl sites for hydroxylation is 1. The number of halogens is 3. The van der Waals surface area contributed by atoms with Crippen LogP contribution in [0.25, 0.3) is 0 Å². The summed E-state index contributed by atoms with van der Waals surface area (Å²) < 4.78 is 41.2. The summed E-state index contributed by atoms with van der Waals surface area (Å²) in [6.07, 6.45) is -1.30. The summed E-state index contributed by atoms with van der Waals surface area (Å²) in [5, 5.41) is 11.2. The fourth-order valence-corrected chi connectivity index (χ4v) is 1.94. The van der Waals surface area contributed by atoms with Crippen LogP contribution in [-0.4, -0.2) is 24.5 Å². The topological polar surface area (TPSA) is 48.5 Å². The maximum atomic E-state index is 12.8. The molecule has 0 saturated heterocycles. The Hall–Kier alpha value is -1.86. The van der Waals surface area contributed by atoms with E-state index in [1.807, 2.05) is 6.92 Å². The third kappa shape index (κ3) is 3.33. The van der Waals surface area contributed by atoms with Crippen molar-refractivity contribution < 1.29 is 13.2 Å². The number of hydrogen-bond acceptors (Lipinski definition) is 3. The minimum absolute atomic E-state index is 0.0172. The monoisotopic (exact) mass is 273 g/mol. The highest BCUT2D eigenvalue weighted by atomic mass is 19.4. The van der Waals surface area contributed by atoms with Crippen LogP contribution in [-0.2, 0) is 19.3 Å². The molecular formula is C11H14F3N5. The summed E-state index contributed by atoms with van der Waals surface area (Å²) in [6, 6.07) is 1.06. The van der Waals surface area contributed by atoms with Gasteiger partial charge in [0.05, 0.1) is 5.69 Å². The molecule has 2 heterocycles. The minimum atomic E-state index is -4.38. The van der Waals surface area contributed by atoms with E-state index in [9.17, 15) is 13.2 Å². The lowest BCUT2D eigenvalue weighted by molar-refractivity contribution is -0.144. The molecule has 1 unspecified atom stereocenters. The smallest absolute Gasteiger partial charge is 0.320 e.